The minimum Gasteiger partial charge on any atom is -0.490 e. The van der Waals surface area contributed by atoms with Crippen LogP contribution >= 0.6 is 11.6 Å². The highest BCUT2D eigenvalue weighted by Crippen LogP contribution is 2.22. The highest BCUT2D eigenvalue weighted by molar-refractivity contribution is 6.30. The predicted octanol–water partition coefficient (Wildman–Crippen LogP) is 3.10. The first-order valence-corrected chi connectivity index (χ1v) is 5.78. The summed E-state index contributed by atoms with van der Waals surface area (Å²) in [5.41, 5.74) is 1.55. The van der Waals surface area contributed by atoms with E-state index in [2.05, 4.69) is 21.7 Å². The number of ether oxygens (including phenoxy) is 1. The fourth-order valence-corrected chi connectivity index (χ4v) is 1.47. The lowest BCUT2D eigenvalue weighted by molar-refractivity contribution is 0.293. The molecule has 0 spiro atoms. The molecule has 0 saturated carbocycles. The Kier molecular flexibility index (Phi) is 3.62. The van der Waals surface area contributed by atoms with Gasteiger partial charge >= 0.3 is 0 Å². The minimum absolute atomic E-state index is 0.333. The minimum atomic E-state index is 0.333. The molecule has 2 aromatic rings. The van der Waals surface area contributed by atoms with Gasteiger partial charge in [-0.3, -0.25) is 0 Å². The van der Waals surface area contributed by atoms with Crippen LogP contribution in [-0.4, -0.2) is 21.7 Å². The van der Waals surface area contributed by atoms with Crippen LogP contribution in [0, 0.1) is 6.92 Å². The van der Waals surface area contributed by atoms with Gasteiger partial charge in [-0.15, -0.1) is 0 Å². The molecule has 0 fully saturated rings. The summed E-state index contributed by atoms with van der Waals surface area (Å²) in [5.74, 6) is 1.07. The van der Waals surface area contributed by atoms with Gasteiger partial charge in [0.1, 0.15) is 5.15 Å². The Bertz CT molecular complexity index is 580. The van der Waals surface area contributed by atoms with Crippen molar-refractivity contribution in [2.45, 2.75) is 13.8 Å². The predicted molar refractivity (Wildman–Crippen MR) is 67.9 cm³/mol. The van der Waals surface area contributed by atoms with E-state index in [9.17, 15) is 0 Å². The largest absolute Gasteiger partial charge is 0.490 e. The number of pyridine rings is 1. The van der Waals surface area contributed by atoms with Crippen molar-refractivity contribution in [1.29, 1.82) is 0 Å². The molecule has 0 unspecified atom stereocenters. The second-order valence-corrected chi connectivity index (χ2v) is 3.97. The number of hydrogen-bond acceptors (Lipinski definition) is 5. The van der Waals surface area contributed by atoms with Crippen LogP contribution in [-0.2, 0) is 4.74 Å². The number of nitrogens with zero attached hydrogens (tertiary/aromatic N) is 3. The summed E-state index contributed by atoms with van der Waals surface area (Å²) in [7, 11) is 0. The Morgan fingerprint density at radius 3 is 3.00 bits per heavy atom. The molecule has 2 rings (SSSR count). The maximum Gasteiger partial charge on any atom is 0.259 e. The van der Waals surface area contributed by atoms with Crippen LogP contribution < -0.4 is 0 Å². The molecular weight excluding hydrogens is 254 g/mol. The van der Waals surface area contributed by atoms with E-state index in [1.165, 1.54) is 0 Å². The van der Waals surface area contributed by atoms with Crippen molar-refractivity contribution in [2.24, 2.45) is 0 Å². The van der Waals surface area contributed by atoms with E-state index in [1.54, 1.807) is 6.20 Å². The summed E-state index contributed by atoms with van der Waals surface area (Å²) < 4.78 is 10.3. The third-order valence-electron chi connectivity index (χ3n) is 2.26. The second kappa shape index (κ2) is 5.18. The summed E-state index contributed by atoms with van der Waals surface area (Å²) in [6, 6.07) is 1.83. The average Bonchev–Trinajstić information content (AvgIpc) is 2.82. The number of halogens is 1. The normalized spacial score (nSPS) is 10.4. The van der Waals surface area contributed by atoms with E-state index < -0.39 is 0 Å². The number of aryl methyl sites for hydroxylation is 1. The zero-order chi connectivity index (χ0) is 13.1. The molecular formula is C12H12ClN3O2. The molecule has 18 heavy (non-hydrogen) atoms. The molecule has 0 saturated heterocycles. The van der Waals surface area contributed by atoms with Crippen molar-refractivity contribution in [3.05, 3.63) is 35.4 Å². The van der Waals surface area contributed by atoms with E-state index in [4.69, 9.17) is 20.9 Å². The van der Waals surface area contributed by atoms with Gasteiger partial charge in [-0.2, -0.15) is 4.98 Å². The molecule has 2 heterocycles. The second-order valence-electron chi connectivity index (χ2n) is 3.61. The monoisotopic (exact) mass is 265 g/mol. The van der Waals surface area contributed by atoms with E-state index in [-0.39, 0.29) is 0 Å². The summed E-state index contributed by atoms with van der Waals surface area (Å²) in [6.45, 7) is 7.93. The Labute approximate surface area is 109 Å². The number of rotatable bonds is 4. The Morgan fingerprint density at radius 1 is 1.56 bits per heavy atom. The summed E-state index contributed by atoms with van der Waals surface area (Å²) in [5, 5.41) is 4.25. The van der Waals surface area contributed by atoms with Crippen LogP contribution in [0.3, 0.4) is 0 Å². The van der Waals surface area contributed by atoms with Gasteiger partial charge in [0.15, 0.2) is 5.76 Å². The summed E-state index contributed by atoms with van der Waals surface area (Å²) >= 11 is 5.85. The lowest BCUT2D eigenvalue weighted by Gasteiger charge is -2.00. The molecule has 0 N–H and O–H groups in total. The van der Waals surface area contributed by atoms with Gasteiger partial charge in [0.05, 0.1) is 12.2 Å². The van der Waals surface area contributed by atoms with Gasteiger partial charge in [-0.1, -0.05) is 23.3 Å². The zero-order valence-corrected chi connectivity index (χ0v) is 10.9. The fourth-order valence-electron chi connectivity index (χ4n) is 1.37. The van der Waals surface area contributed by atoms with Crippen molar-refractivity contribution in [3.8, 4) is 11.5 Å². The van der Waals surface area contributed by atoms with E-state index in [0.29, 0.717) is 34.8 Å². The molecule has 0 atom stereocenters. The third-order valence-corrected chi connectivity index (χ3v) is 2.65. The maximum absolute atomic E-state index is 5.85. The van der Waals surface area contributed by atoms with E-state index in [0.717, 1.165) is 5.56 Å². The van der Waals surface area contributed by atoms with E-state index >= 15 is 0 Å². The summed E-state index contributed by atoms with van der Waals surface area (Å²) in [4.78, 5) is 8.21. The van der Waals surface area contributed by atoms with Gasteiger partial charge in [0.25, 0.3) is 5.89 Å². The third kappa shape index (κ3) is 2.51. The van der Waals surface area contributed by atoms with Crippen molar-refractivity contribution >= 4 is 17.4 Å². The van der Waals surface area contributed by atoms with Crippen molar-refractivity contribution in [2.75, 3.05) is 6.61 Å². The highest BCUT2D eigenvalue weighted by atomic mass is 35.5. The van der Waals surface area contributed by atoms with Crippen LogP contribution in [0.5, 0.6) is 0 Å². The standard InChI is InChI=1S/C12H12ClN3O2/c1-4-17-8(3)11-15-12(18-16-11)9-5-7(2)10(13)14-6-9/h5-6H,3-4H2,1-2H3. The molecule has 0 radical (unpaired) electrons. The molecule has 5 nitrogen and oxygen atoms in total. The van der Waals surface area contributed by atoms with Crippen molar-refractivity contribution in [1.82, 2.24) is 15.1 Å². The maximum atomic E-state index is 5.85. The fraction of sp³-hybridized carbons (Fsp3) is 0.250. The summed E-state index contributed by atoms with van der Waals surface area (Å²) in [6.07, 6.45) is 1.58. The van der Waals surface area contributed by atoms with Crippen LogP contribution in [0.15, 0.2) is 23.4 Å². The number of hydrogen-bond donors (Lipinski definition) is 0. The molecule has 0 aromatic carbocycles. The molecule has 94 valence electrons. The SMILES string of the molecule is C=C(OCC)c1noc(-c2cnc(Cl)c(C)c2)n1. The molecule has 0 aliphatic heterocycles. The molecule has 0 bridgehead atoms. The zero-order valence-electron chi connectivity index (χ0n) is 10.1. The van der Waals surface area contributed by atoms with Crippen LogP contribution in [0.4, 0.5) is 0 Å². The van der Waals surface area contributed by atoms with Gasteiger partial charge in [0, 0.05) is 6.20 Å². The smallest absolute Gasteiger partial charge is 0.259 e. The first kappa shape index (κ1) is 12.6. The lowest BCUT2D eigenvalue weighted by atomic mass is 10.2. The van der Waals surface area contributed by atoms with Crippen molar-refractivity contribution in [3.63, 3.8) is 0 Å². The quantitative estimate of drug-likeness (QED) is 0.628. The van der Waals surface area contributed by atoms with Gasteiger partial charge < -0.3 is 9.26 Å². The lowest BCUT2D eigenvalue weighted by Crippen LogP contribution is -1.92. The van der Waals surface area contributed by atoms with Crippen LogP contribution in [0.1, 0.15) is 18.3 Å². The first-order chi connectivity index (χ1) is 8.61. The molecule has 2 aromatic heterocycles. The first-order valence-electron chi connectivity index (χ1n) is 5.40. The van der Waals surface area contributed by atoms with Crippen molar-refractivity contribution < 1.29 is 9.26 Å². The van der Waals surface area contributed by atoms with Gasteiger partial charge in [-0.05, 0) is 25.5 Å². The average molecular weight is 266 g/mol. The van der Waals surface area contributed by atoms with Gasteiger partial charge in [0.2, 0.25) is 5.82 Å². The van der Waals surface area contributed by atoms with E-state index in [1.807, 2.05) is 19.9 Å². The Hall–Kier alpha value is -1.88. The molecule has 0 amide bonds. The number of aromatic nitrogens is 3. The Morgan fingerprint density at radius 2 is 2.33 bits per heavy atom. The van der Waals surface area contributed by atoms with Gasteiger partial charge in [-0.25, -0.2) is 4.98 Å². The van der Waals surface area contributed by atoms with Crippen LogP contribution in [0.2, 0.25) is 5.15 Å². The Balaban J connectivity index is 2.29. The molecule has 0 aliphatic carbocycles. The van der Waals surface area contributed by atoms with Crippen LogP contribution in [0.25, 0.3) is 17.2 Å². The molecule has 6 heteroatoms. The molecule has 0 aliphatic rings. The highest BCUT2D eigenvalue weighted by Gasteiger charge is 2.13. The topological polar surface area (TPSA) is 61.0 Å².